The highest BCUT2D eigenvalue weighted by Gasteiger charge is 2.24. The third kappa shape index (κ3) is 5.58. The molecule has 0 saturated heterocycles. The van der Waals surface area contributed by atoms with Crippen molar-refractivity contribution in [2.45, 2.75) is 25.9 Å². The number of anilines is 1. The molecule has 1 rings (SSSR count). The molecule has 0 fully saturated rings. The molecular formula is C13H17BrN2O4. The Morgan fingerprint density at radius 3 is 2.65 bits per heavy atom. The number of carboxylic acid groups (broad SMARTS) is 1. The maximum Gasteiger partial charge on any atom is 0.319 e. The molecule has 20 heavy (non-hydrogen) atoms. The van der Waals surface area contributed by atoms with Crippen LogP contribution in [-0.4, -0.2) is 34.4 Å². The van der Waals surface area contributed by atoms with E-state index in [2.05, 4.69) is 26.6 Å². The minimum Gasteiger partial charge on any atom is -0.481 e. The summed E-state index contributed by atoms with van der Waals surface area (Å²) in [5, 5.41) is 23.4. The normalized spacial score (nSPS) is 13.4. The number of urea groups is 1. The van der Waals surface area contributed by atoms with Crippen molar-refractivity contribution in [2.24, 2.45) is 0 Å². The van der Waals surface area contributed by atoms with Gasteiger partial charge in [0.25, 0.3) is 0 Å². The van der Waals surface area contributed by atoms with Crippen molar-refractivity contribution in [3.05, 3.63) is 28.2 Å². The van der Waals surface area contributed by atoms with Gasteiger partial charge < -0.3 is 20.8 Å². The van der Waals surface area contributed by atoms with E-state index in [1.165, 1.54) is 6.92 Å². The number of carboxylic acids is 1. The van der Waals surface area contributed by atoms with Crippen molar-refractivity contribution in [2.75, 3.05) is 11.9 Å². The fourth-order valence-corrected chi connectivity index (χ4v) is 1.91. The lowest BCUT2D eigenvalue weighted by Gasteiger charge is -2.21. The number of hydrogen-bond donors (Lipinski definition) is 4. The summed E-state index contributed by atoms with van der Waals surface area (Å²) in [5.74, 6) is -1.13. The third-order valence-electron chi connectivity index (χ3n) is 2.53. The summed E-state index contributed by atoms with van der Waals surface area (Å²) < 4.78 is 0.732. The maximum atomic E-state index is 11.7. The van der Waals surface area contributed by atoms with Gasteiger partial charge in [0.1, 0.15) is 0 Å². The number of benzene rings is 1. The first-order valence-corrected chi connectivity index (χ1v) is 6.74. The first kappa shape index (κ1) is 16.5. The molecule has 4 N–H and O–H groups in total. The van der Waals surface area contributed by atoms with Gasteiger partial charge in [-0.3, -0.25) is 4.79 Å². The average molecular weight is 345 g/mol. The second-order valence-corrected chi connectivity index (χ2v) is 5.71. The minimum atomic E-state index is -1.49. The van der Waals surface area contributed by atoms with Crippen LogP contribution < -0.4 is 10.6 Å². The summed E-state index contributed by atoms with van der Waals surface area (Å²) >= 11 is 3.31. The zero-order valence-electron chi connectivity index (χ0n) is 11.2. The predicted octanol–water partition coefficient (Wildman–Crippen LogP) is 2.10. The van der Waals surface area contributed by atoms with Crippen LogP contribution in [0, 0.1) is 6.92 Å². The third-order valence-corrected chi connectivity index (χ3v) is 3.22. The van der Waals surface area contributed by atoms with E-state index in [1.54, 1.807) is 6.07 Å². The molecular weight excluding hydrogens is 328 g/mol. The topological polar surface area (TPSA) is 98.7 Å². The van der Waals surface area contributed by atoms with Crippen LogP contribution >= 0.6 is 15.9 Å². The highest BCUT2D eigenvalue weighted by molar-refractivity contribution is 9.10. The lowest BCUT2D eigenvalue weighted by Crippen LogP contribution is -2.43. The molecule has 0 heterocycles. The monoisotopic (exact) mass is 344 g/mol. The molecule has 0 aliphatic heterocycles. The van der Waals surface area contributed by atoms with E-state index in [1.807, 2.05) is 19.1 Å². The number of aryl methyl sites for hydroxylation is 1. The number of hydrogen-bond acceptors (Lipinski definition) is 3. The van der Waals surface area contributed by atoms with Crippen molar-refractivity contribution in [3.8, 4) is 0 Å². The van der Waals surface area contributed by atoms with Gasteiger partial charge in [-0.05, 0) is 47.5 Å². The number of rotatable bonds is 5. The molecule has 6 nitrogen and oxygen atoms in total. The molecule has 1 unspecified atom stereocenters. The van der Waals surface area contributed by atoms with E-state index < -0.39 is 24.0 Å². The number of aliphatic carboxylic acids is 1. The molecule has 0 aliphatic carbocycles. The largest absolute Gasteiger partial charge is 0.481 e. The van der Waals surface area contributed by atoms with E-state index in [4.69, 9.17) is 5.11 Å². The predicted molar refractivity (Wildman–Crippen MR) is 78.8 cm³/mol. The van der Waals surface area contributed by atoms with Gasteiger partial charge in [-0.2, -0.15) is 0 Å². The van der Waals surface area contributed by atoms with Crippen molar-refractivity contribution in [1.29, 1.82) is 0 Å². The van der Waals surface area contributed by atoms with Gasteiger partial charge >= 0.3 is 12.0 Å². The molecule has 1 aromatic rings. The molecule has 0 bridgehead atoms. The Morgan fingerprint density at radius 2 is 2.05 bits per heavy atom. The second kappa shape index (κ2) is 6.71. The van der Waals surface area contributed by atoms with E-state index in [9.17, 15) is 14.7 Å². The van der Waals surface area contributed by atoms with Crippen molar-refractivity contribution in [3.63, 3.8) is 0 Å². The molecule has 0 radical (unpaired) electrons. The van der Waals surface area contributed by atoms with Crippen LogP contribution in [0.3, 0.4) is 0 Å². The summed E-state index contributed by atoms with van der Waals surface area (Å²) in [6, 6.07) is 4.98. The van der Waals surface area contributed by atoms with Crippen LogP contribution in [-0.2, 0) is 4.79 Å². The van der Waals surface area contributed by atoms with Gasteiger partial charge in [0.2, 0.25) is 0 Å². The Hall–Kier alpha value is -1.60. The maximum absolute atomic E-state index is 11.7. The van der Waals surface area contributed by atoms with Crippen molar-refractivity contribution in [1.82, 2.24) is 5.32 Å². The lowest BCUT2D eigenvalue weighted by molar-refractivity contribution is -0.141. The molecule has 110 valence electrons. The molecule has 7 heteroatoms. The van der Waals surface area contributed by atoms with Gasteiger partial charge in [0, 0.05) is 11.0 Å². The number of carbonyl (C=O) groups is 2. The SMILES string of the molecule is Cc1ccc(Br)c(NC(=O)NCC(C)(O)CC(=O)O)c1. The average Bonchev–Trinajstić information content (AvgIpc) is 2.30. The van der Waals surface area contributed by atoms with Gasteiger partial charge in [-0.1, -0.05) is 6.07 Å². The van der Waals surface area contributed by atoms with Crippen molar-refractivity contribution >= 4 is 33.6 Å². The summed E-state index contributed by atoms with van der Waals surface area (Å²) in [7, 11) is 0. The highest BCUT2D eigenvalue weighted by Crippen LogP contribution is 2.23. The molecule has 0 aliphatic rings. The number of amides is 2. The van der Waals surface area contributed by atoms with E-state index in [0.29, 0.717) is 5.69 Å². The number of aliphatic hydroxyl groups is 1. The van der Waals surface area contributed by atoms with Gasteiger partial charge in [0.15, 0.2) is 0 Å². The summed E-state index contributed by atoms with van der Waals surface area (Å²) in [6.45, 7) is 3.09. The molecule has 0 saturated carbocycles. The first-order valence-electron chi connectivity index (χ1n) is 5.95. The van der Waals surface area contributed by atoms with Crippen LogP contribution in [0.25, 0.3) is 0 Å². The highest BCUT2D eigenvalue weighted by atomic mass is 79.9. The Morgan fingerprint density at radius 1 is 1.40 bits per heavy atom. The Kier molecular flexibility index (Phi) is 5.52. The fraction of sp³-hybridized carbons (Fsp3) is 0.385. The minimum absolute atomic E-state index is 0.158. The van der Waals surface area contributed by atoms with Crippen LogP contribution in [0.4, 0.5) is 10.5 Å². The summed E-state index contributed by atoms with van der Waals surface area (Å²) in [4.78, 5) is 22.2. The lowest BCUT2D eigenvalue weighted by atomic mass is 10.0. The smallest absolute Gasteiger partial charge is 0.319 e. The molecule has 0 spiro atoms. The Balaban J connectivity index is 2.56. The summed E-state index contributed by atoms with van der Waals surface area (Å²) in [6.07, 6.45) is -0.443. The second-order valence-electron chi connectivity index (χ2n) is 4.86. The van der Waals surface area contributed by atoms with Gasteiger partial charge in [-0.15, -0.1) is 0 Å². The first-order chi connectivity index (χ1) is 9.19. The van der Waals surface area contributed by atoms with Crippen LogP contribution in [0.2, 0.25) is 0 Å². The number of carbonyl (C=O) groups excluding carboxylic acids is 1. The molecule has 2 amide bonds. The molecule has 0 aromatic heterocycles. The van der Waals surface area contributed by atoms with Crippen LogP contribution in [0.5, 0.6) is 0 Å². The number of halogens is 1. The summed E-state index contributed by atoms with van der Waals surface area (Å²) in [5.41, 5.74) is 0.0919. The van der Waals surface area contributed by atoms with E-state index >= 15 is 0 Å². The van der Waals surface area contributed by atoms with Crippen LogP contribution in [0.15, 0.2) is 22.7 Å². The van der Waals surface area contributed by atoms with Crippen molar-refractivity contribution < 1.29 is 19.8 Å². The molecule has 1 aromatic carbocycles. The Bertz CT molecular complexity index is 517. The standard InChI is InChI=1S/C13H17BrN2O4/c1-8-3-4-9(14)10(5-8)16-12(19)15-7-13(2,20)6-11(17)18/h3-5,20H,6-7H2,1-2H3,(H,17,18)(H2,15,16,19). The van der Waals surface area contributed by atoms with Gasteiger partial charge in [-0.25, -0.2) is 4.79 Å². The number of nitrogens with one attached hydrogen (secondary N) is 2. The zero-order valence-corrected chi connectivity index (χ0v) is 12.8. The van der Waals surface area contributed by atoms with E-state index in [0.717, 1.165) is 10.0 Å². The quantitative estimate of drug-likeness (QED) is 0.657. The molecule has 1 atom stereocenters. The zero-order chi connectivity index (χ0) is 15.3. The van der Waals surface area contributed by atoms with Crippen LogP contribution in [0.1, 0.15) is 18.9 Å². The van der Waals surface area contributed by atoms with E-state index in [-0.39, 0.29) is 6.54 Å². The van der Waals surface area contributed by atoms with Gasteiger partial charge in [0.05, 0.1) is 17.7 Å². The Labute approximate surface area is 125 Å². The fourth-order valence-electron chi connectivity index (χ4n) is 1.56.